The fourth-order valence-electron chi connectivity index (χ4n) is 3.21. The first-order chi connectivity index (χ1) is 10.7. The number of hydrogen-bond acceptors (Lipinski definition) is 2. The predicted octanol–water partition coefficient (Wildman–Crippen LogP) is 3.53. The Kier molecular flexibility index (Phi) is 4.83. The van der Waals surface area contributed by atoms with E-state index in [-0.39, 0.29) is 0 Å². The van der Waals surface area contributed by atoms with Gasteiger partial charge in [-0.15, -0.1) is 0 Å². The molecule has 22 heavy (non-hydrogen) atoms. The maximum Gasteiger partial charge on any atom is 0.129 e. The van der Waals surface area contributed by atoms with Gasteiger partial charge in [0.2, 0.25) is 0 Å². The summed E-state index contributed by atoms with van der Waals surface area (Å²) in [6.07, 6.45) is 7.57. The minimum absolute atomic E-state index is 0.428. The van der Waals surface area contributed by atoms with Gasteiger partial charge in [0.1, 0.15) is 17.5 Å². The van der Waals surface area contributed by atoms with Crippen LogP contribution in [0.25, 0.3) is 0 Å². The van der Waals surface area contributed by atoms with Crippen molar-refractivity contribution >= 4 is 0 Å². The topological polar surface area (TPSA) is 31.9 Å². The van der Waals surface area contributed by atoms with E-state index in [0.717, 1.165) is 44.4 Å². The monoisotopic (exact) mass is 305 g/mol. The fraction of sp³-hybridized carbons (Fsp3) is 0.471. The van der Waals surface area contributed by atoms with Crippen LogP contribution < -0.4 is 0 Å². The smallest absolute Gasteiger partial charge is 0.129 e. The van der Waals surface area contributed by atoms with Gasteiger partial charge in [-0.25, -0.2) is 13.8 Å². The number of likely N-dealkylation sites (tertiary alicyclic amines) is 1. The third kappa shape index (κ3) is 3.91. The summed E-state index contributed by atoms with van der Waals surface area (Å²) in [4.78, 5) is 9.80. The number of hydrogen-bond donors (Lipinski definition) is 1. The van der Waals surface area contributed by atoms with E-state index in [4.69, 9.17) is 0 Å². The van der Waals surface area contributed by atoms with Crippen molar-refractivity contribution in [3.8, 4) is 0 Å². The predicted molar refractivity (Wildman–Crippen MR) is 81.3 cm³/mol. The van der Waals surface area contributed by atoms with Crippen molar-refractivity contribution < 1.29 is 8.78 Å². The molecule has 0 amide bonds. The quantitative estimate of drug-likeness (QED) is 0.916. The minimum Gasteiger partial charge on any atom is -0.348 e. The normalized spacial score (nSPS) is 19.5. The Bertz CT molecular complexity index is 598. The molecule has 1 aliphatic heterocycles. The van der Waals surface area contributed by atoms with Gasteiger partial charge in [-0.1, -0.05) is 6.07 Å². The number of aromatic amines is 1. The third-order valence-corrected chi connectivity index (χ3v) is 4.37. The number of aryl methyl sites for hydroxylation is 1. The van der Waals surface area contributed by atoms with Crippen LogP contribution in [0.4, 0.5) is 8.78 Å². The molecule has 1 aromatic carbocycles. The van der Waals surface area contributed by atoms with Gasteiger partial charge in [0, 0.05) is 25.0 Å². The van der Waals surface area contributed by atoms with Crippen molar-refractivity contribution in [1.82, 2.24) is 14.9 Å². The Morgan fingerprint density at radius 2 is 2.23 bits per heavy atom. The molecule has 0 radical (unpaired) electrons. The number of nitrogens with zero attached hydrogens (tertiary/aromatic N) is 2. The lowest BCUT2D eigenvalue weighted by Gasteiger charge is -2.32. The number of aromatic nitrogens is 2. The number of H-pyrrole nitrogens is 1. The van der Waals surface area contributed by atoms with Crippen LogP contribution in [0.15, 0.2) is 30.6 Å². The average molecular weight is 305 g/mol. The fourth-order valence-corrected chi connectivity index (χ4v) is 3.21. The van der Waals surface area contributed by atoms with E-state index >= 15 is 0 Å². The van der Waals surface area contributed by atoms with E-state index in [1.54, 1.807) is 12.3 Å². The highest BCUT2D eigenvalue weighted by Gasteiger charge is 2.20. The van der Waals surface area contributed by atoms with Gasteiger partial charge < -0.3 is 4.98 Å². The van der Waals surface area contributed by atoms with Crippen LogP contribution in [0.2, 0.25) is 0 Å². The van der Waals surface area contributed by atoms with Crippen molar-refractivity contribution in [2.45, 2.75) is 32.2 Å². The van der Waals surface area contributed by atoms with Crippen molar-refractivity contribution in [2.24, 2.45) is 5.92 Å². The number of piperidine rings is 1. The first-order valence-corrected chi connectivity index (χ1v) is 7.85. The largest absolute Gasteiger partial charge is 0.348 e. The average Bonchev–Trinajstić information content (AvgIpc) is 3.00. The van der Waals surface area contributed by atoms with Gasteiger partial charge in [0.25, 0.3) is 0 Å². The van der Waals surface area contributed by atoms with E-state index in [2.05, 4.69) is 14.9 Å². The summed E-state index contributed by atoms with van der Waals surface area (Å²) in [6, 6.07) is 3.87. The van der Waals surface area contributed by atoms with E-state index in [1.165, 1.54) is 12.5 Å². The molecule has 2 heterocycles. The van der Waals surface area contributed by atoms with Crippen molar-refractivity contribution in [3.05, 3.63) is 53.6 Å². The lowest BCUT2D eigenvalue weighted by Crippen LogP contribution is -2.35. The highest BCUT2D eigenvalue weighted by molar-refractivity contribution is 5.18. The molecule has 118 valence electrons. The molecule has 1 aliphatic rings. The van der Waals surface area contributed by atoms with Crippen LogP contribution in [-0.2, 0) is 13.0 Å². The first kappa shape index (κ1) is 15.2. The third-order valence-electron chi connectivity index (χ3n) is 4.37. The highest BCUT2D eigenvalue weighted by atomic mass is 19.1. The van der Waals surface area contributed by atoms with Gasteiger partial charge in [-0.3, -0.25) is 4.90 Å². The Hall–Kier alpha value is -1.75. The molecule has 0 spiro atoms. The molecule has 1 N–H and O–H groups in total. The number of rotatable bonds is 5. The molecule has 0 aliphatic carbocycles. The van der Waals surface area contributed by atoms with Crippen LogP contribution in [-0.4, -0.2) is 28.0 Å². The molecule has 5 heteroatoms. The second kappa shape index (κ2) is 7.01. The second-order valence-corrected chi connectivity index (χ2v) is 6.05. The maximum absolute atomic E-state index is 13.7. The van der Waals surface area contributed by atoms with Crippen molar-refractivity contribution in [1.29, 1.82) is 0 Å². The molecule has 1 saturated heterocycles. The standard InChI is InChI=1S/C17H21F2N3/c18-15-6-5-14(16(19)10-15)4-3-13-2-1-9-22(11-13)12-17-20-7-8-21-17/h5-8,10,13H,1-4,9,11-12H2,(H,20,21). The Morgan fingerprint density at radius 1 is 1.32 bits per heavy atom. The van der Waals surface area contributed by atoms with Gasteiger partial charge >= 0.3 is 0 Å². The van der Waals surface area contributed by atoms with Crippen molar-refractivity contribution in [3.63, 3.8) is 0 Å². The van der Waals surface area contributed by atoms with Crippen LogP contribution >= 0.6 is 0 Å². The van der Waals surface area contributed by atoms with Gasteiger partial charge in [0.05, 0.1) is 6.54 Å². The van der Waals surface area contributed by atoms with Crippen molar-refractivity contribution in [2.75, 3.05) is 13.1 Å². The SMILES string of the molecule is Fc1ccc(CCC2CCCN(Cc3ncc[nH]3)C2)c(F)c1. The van der Waals surface area contributed by atoms with E-state index in [9.17, 15) is 8.78 Å². The zero-order valence-corrected chi connectivity index (χ0v) is 12.6. The number of benzene rings is 1. The second-order valence-electron chi connectivity index (χ2n) is 6.05. The zero-order valence-electron chi connectivity index (χ0n) is 12.6. The van der Waals surface area contributed by atoms with Crippen LogP contribution in [0, 0.1) is 17.6 Å². The zero-order chi connectivity index (χ0) is 15.4. The number of nitrogens with one attached hydrogen (secondary N) is 1. The number of imidazole rings is 1. The lowest BCUT2D eigenvalue weighted by atomic mass is 9.91. The number of halogens is 2. The van der Waals surface area contributed by atoms with Crippen LogP contribution in [0.3, 0.4) is 0 Å². The van der Waals surface area contributed by atoms with Crippen LogP contribution in [0.5, 0.6) is 0 Å². The minimum atomic E-state index is -0.511. The molecule has 3 nitrogen and oxygen atoms in total. The summed E-state index contributed by atoms with van der Waals surface area (Å²) in [5.74, 6) is 0.616. The molecule has 2 aromatic rings. The summed E-state index contributed by atoms with van der Waals surface area (Å²) in [5, 5.41) is 0. The Labute approximate surface area is 129 Å². The summed E-state index contributed by atoms with van der Waals surface area (Å²) in [6.45, 7) is 2.94. The highest BCUT2D eigenvalue weighted by Crippen LogP contribution is 2.23. The van der Waals surface area contributed by atoms with Gasteiger partial charge in [-0.2, -0.15) is 0 Å². The Morgan fingerprint density at radius 3 is 3.00 bits per heavy atom. The Balaban J connectivity index is 1.52. The summed E-state index contributed by atoms with van der Waals surface area (Å²) in [5.41, 5.74) is 0.615. The van der Waals surface area contributed by atoms with Gasteiger partial charge in [0.15, 0.2) is 0 Å². The molecular formula is C17H21F2N3. The molecule has 1 atom stereocenters. The molecular weight excluding hydrogens is 284 g/mol. The van der Waals surface area contributed by atoms with Crippen LogP contribution in [0.1, 0.15) is 30.7 Å². The van der Waals surface area contributed by atoms with E-state index in [1.807, 2.05) is 6.20 Å². The maximum atomic E-state index is 13.7. The summed E-state index contributed by atoms with van der Waals surface area (Å²) < 4.78 is 26.6. The van der Waals surface area contributed by atoms with E-state index in [0.29, 0.717) is 17.9 Å². The molecule has 3 rings (SSSR count). The molecule has 1 aromatic heterocycles. The van der Waals surface area contributed by atoms with Gasteiger partial charge in [-0.05, 0) is 49.8 Å². The summed E-state index contributed by atoms with van der Waals surface area (Å²) in [7, 11) is 0. The molecule has 0 saturated carbocycles. The molecule has 1 fully saturated rings. The molecule has 0 bridgehead atoms. The van der Waals surface area contributed by atoms with E-state index < -0.39 is 11.6 Å². The summed E-state index contributed by atoms with van der Waals surface area (Å²) >= 11 is 0. The lowest BCUT2D eigenvalue weighted by molar-refractivity contribution is 0.158. The molecule has 1 unspecified atom stereocenters. The first-order valence-electron chi connectivity index (χ1n) is 7.85.